The number of carbonyl (C=O) groups is 1. The number of benzene rings is 1. The topological polar surface area (TPSA) is 52.6 Å². The molecule has 4 heteroatoms. The van der Waals surface area contributed by atoms with Crippen LogP contribution in [0.3, 0.4) is 0 Å². The van der Waals surface area contributed by atoms with Gasteiger partial charge >= 0.3 is 0 Å². The fourth-order valence-corrected chi connectivity index (χ4v) is 4.92. The van der Waals surface area contributed by atoms with Crippen molar-refractivity contribution in [1.82, 2.24) is 10.2 Å². The Morgan fingerprint density at radius 2 is 1.83 bits per heavy atom. The van der Waals surface area contributed by atoms with E-state index in [1.807, 2.05) is 18.2 Å². The summed E-state index contributed by atoms with van der Waals surface area (Å²) in [5.41, 5.74) is 1.18. The van der Waals surface area contributed by atoms with Crippen LogP contribution in [0.25, 0.3) is 0 Å². The maximum absolute atomic E-state index is 13.2. The zero-order valence-corrected chi connectivity index (χ0v) is 14.3. The lowest BCUT2D eigenvalue weighted by atomic mass is 9.65. The molecule has 0 bridgehead atoms. The van der Waals surface area contributed by atoms with Gasteiger partial charge in [-0.25, -0.2) is 0 Å². The smallest absolute Gasteiger partial charge is 0.233 e. The van der Waals surface area contributed by atoms with Gasteiger partial charge in [0.1, 0.15) is 0 Å². The van der Waals surface area contributed by atoms with E-state index in [1.54, 1.807) is 0 Å². The molecule has 1 aliphatic carbocycles. The van der Waals surface area contributed by atoms with Crippen LogP contribution in [-0.2, 0) is 10.2 Å². The fourth-order valence-electron chi connectivity index (χ4n) is 4.92. The Labute approximate surface area is 144 Å². The van der Waals surface area contributed by atoms with Crippen LogP contribution in [0.1, 0.15) is 37.7 Å². The fraction of sp³-hybridized carbons (Fsp3) is 0.650. The average Bonchev–Trinajstić information content (AvgIpc) is 3.45. The van der Waals surface area contributed by atoms with Gasteiger partial charge in [0.25, 0.3) is 0 Å². The van der Waals surface area contributed by atoms with Crippen LogP contribution in [0.15, 0.2) is 30.3 Å². The number of rotatable bonds is 3. The average molecular weight is 328 g/mol. The van der Waals surface area contributed by atoms with Gasteiger partial charge in [-0.15, -0.1) is 0 Å². The Kier molecular flexibility index (Phi) is 4.13. The summed E-state index contributed by atoms with van der Waals surface area (Å²) in [6, 6.07) is 10.3. The number of amides is 1. The van der Waals surface area contributed by atoms with Crippen molar-refractivity contribution in [2.45, 2.75) is 37.5 Å². The molecule has 4 nitrogen and oxygen atoms in total. The van der Waals surface area contributed by atoms with Crippen molar-refractivity contribution in [2.24, 2.45) is 11.3 Å². The SMILES string of the molecule is O=C(N1CCC2(CCNCC2CO)CC1)C1(c2ccccc2)CC1. The Bertz CT molecular complexity index is 589. The van der Waals surface area contributed by atoms with Gasteiger partial charge in [-0.2, -0.15) is 0 Å². The van der Waals surface area contributed by atoms with Gasteiger partial charge in [0.2, 0.25) is 5.91 Å². The number of hydrogen-bond donors (Lipinski definition) is 2. The molecule has 3 fully saturated rings. The van der Waals surface area contributed by atoms with Crippen molar-refractivity contribution in [3.05, 3.63) is 35.9 Å². The van der Waals surface area contributed by atoms with E-state index in [9.17, 15) is 9.90 Å². The largest absolute Gasteiger partial charge is 0.396 e. The molecular weight excluding hydrogens is 300 g/mol. The van der Waals surface area contributed by atoms with Crippen molar-refractivity contribution in [3.8, 4) is 0 Å². The molecule has 2 aliphatic heterocycles. The van der Waals surface area contributed by atoms with E-state index in [-0.39, 0.29) is 17.4 Å². The Balaban J connectivity index is 1.45. The molecular formula is C20H28N2O2. The van der Waals surface area contributed by atoms with Crippen LogP contribution < -0.4 is 5.32 Å². The Morgan fingerprint density at radius 3 is 2.46 bits per heavy atom. The van der Waals surface area contributed by atoms with E-state index in [2.05, 4.69) is 22.3 Å². The number of aliphatic hydroxyl groups excluding tert-OH is 1. The highest BCUT2D eigenvalue weighted by molar-refractivity contribution is 5.91. The number of carbonyl (C=O) groups excluding carboxylic acids is 1. The minimum Gasteiger partial charge on any atom is -0.396 e. The van der Waals surface area contributed by atoms with Crippen molar-refractivity contribution >= 4 is 5.91 Å². The number of aliphatic hydroxyl groups is 1. The number of hydrogen-bond acceptors (Lipinski definition) is 3. The van der Waals surface area contributed by atoms with Crippen molar-refractivity contribution in [2.75, 3.05) is 32.8 Å². The highest BCUT2D eigenvalue weighted by Gasteiger charge is 2.54. The first kappa shape index (κ1) is 16.1. The van der Waals surface area contributed by atoms with Gasteiger partial charge in [0.15, 0.2) is 0 Å². The standard InChI is InChI=1S/C20H28N2O2/c23-15-17-14-21-11-8-19(17)9-12-22(13-10-19)18(24)20(6-7-20)16-4-2-1-3-5-16/h1-5,17,21,23H,6-15H2. The normalized spacial score (nSPS) is 27.9. The molecule has 0 aromatic heterocycles. The van der Waals surface area contributed by atoms with E-state index < -0.39 is 0 Å². The first-order valence-electron chi connectivity index (χ1n) is 9.37. The predicted octanol–water partition coefficient (Wildman–Crippen LogP) is 1.93. The minimum atomic E-state index is -0.240. The zero-order valence-electron chi connectivity index (χ0n) is 14.3. The van der Waals surface area contributed by atoms with Gasteiger partial charge in [-0.05, 0) is 49.6 Å². The molecule has 24 heavy (non-hydrogen) atoms. The lowest BCUT2D eigenvalue weighted by Crippen LogP contribution is -2.54. The molecule has 2 saturated heterocycles. The van der Waals surface area contributed by atoms with E-state index in [1.165, 1.54) is 5.56 Å². The van der Waals surface area contributed by atoms with Gasteiger partial charge in [-0.3, -0.25) is 4.79 Å². The molecule has 0 radical (unpaired) electrons. The van der Waals surface area contributed by atoms with Gasteiger partial charge in [0, 0.05) is 32.2 Å². The van der Waals surface area contributed by atoms with Crippen molar-refractivity contribution in [1.29, 1.82) is 0 Å². The zero-order chi connectivity index (χ0) is 16.6. The maximum atomic E-state index is 13.2. The van der Waals surface area contributed by atoms with Crippen LogP contribution in [0.2, 0.25) is 0 Å². The van der Waals surface area contributed by atoms with E-state index >= 15 is 0 Å². The highest BCUT2D eigenvalue weighted by Crippen LogP contribution is 2.51. The molecule has 4 rings (SSSR count). The summed E-state index contributed by atoms with van der Waals surface area (Å²) in [5.74, 6) is 0.672. The first-order chi connectivity index (χ1) is 11.7. The summed E-state index contributed by atoms with van der Waals surface area (Å²) in [5, 5.41) is 13.2. The molecule has 1 spiro atoms. The predicted molar refractivity (Wildman–Crippen MR) is 93.7 cm³/mol. The number of nitrogens with zero attached hydrogens (tertiary/aromatic N) is 1. The van der Waals surface area contributed by atoms with Crippen molar-refractivity contribution < 1.29 is 9.90 Å². The van der Waals surface area contributed by atoms with E-state index in [0.717, 1.165) is 58.3 Å². The summed E-state index contributed by atoms with van der Waals surface area (Å²) in [6.07, 6.45) is 5.18. The summed E-state index contributed by atoms with van der Waals surface area (Å²) in [6.45, 7) is 3.92. The van der Waals surface area contributed by atoms with Gasteiger partial charge < -0.3 is 15.3 Å². The molecule has 1 atom stereocenters. The third kappa shape index (κ3) is 2.56. The van der Waals surface area contributed by atoms with Crippen LogP contribution in [0.4, 0.5) is 0 Å². The maximum Gasteiger partial charge on any atom is 0.233 e. The highest BCUT2D eigenvalue weighted by atomic mass is 16.3. The van der Waals surface area contributed by atoms with Gasteiger partial charge in [0.05, 0.1) is 5.41 Å². The molecule has 130 valence electrons. The molecule has 1 amide bonds. The van der Waals surface area contributed by atoms with Crippen LogP contribution in [0.5, 0.6) is 0 Å². The van der Waals surface area contributed by atoms with Crippen LogP contribution in [-0.4, -0.2) is 48.7 Å². The third-order valence-corrected chi connectivity index (χ3v) is 6.81. The monoisotopic (exact) mass is 328 g/mol. The molecule has 2 heterocycles. The molecule has 1 aromatic carbocycles. The molecule has 1 aromatic rings. The molecule has 1 unspecified atom stereocenters. The summed E-state index contributed by atoms with van der Waals surface area (Å²) >= 11 is 0. The van der Waals surface area contributed by atoms with Crippen LogP contribution >= 0.6 is 0 Å². The summed E-state index contributed by atoms with van der Waals surface area (Å²) < 4.78 is 0. The third-order valence-electron chi connectivity index (χ3n) is 6.81. The first-order valence-corrected chi connectivity index (χ1v) is 9.37. The lowest BCUT2D eigenvalue weighted by Gasteiger charge is -2.49. The second-order valence-electron chi connectivity index (χ2n) is 7.94. The number of likely N-dealkylation sites (tertiary alicyclic amines) is 1. The molecule has 3 aliphatic rings. The Morgan fingerprint density at radius 1 is 1.12 bits per heavy atom. The summed E-state index contributed by atoms with van der Waals surface area (Å²) in [7, 11) is 0. The van der Waals surface area contributed by atoms with E-state index in [0.29, 0.717) is 11.8 Å². The van der Waals surface area contributed by atoms with Gasteiger partial charge in [-0.1, -0.05) is 30.3 Å². The lowest BCUT2D eigenvalue weighted by molar-refractivity contribution is -0.137. The Hall–Kier alpha value is -1.39. The second-order valence-corrected chi connectivity index (χ2v) is 7.94. The minimum absolute atomic E-state index is 0.236. The number of nitrogens with one attached hydrogen (secondary N) is 1. The summed E-state index contributed by atoms with van der Waals surface area (Å²) in [4.78, 5) is 15.3. The second kappa shape index (κ2) is 6.16. The molecule has 2 N–H and O–H groups in total. The van der Waals surface area contributed by atoms with Crippen LogP contribution in [0, 0.1) is 11.3 Å². The quantitative estimate of drug-likeness (QED) is 0.891. The molecule has 1 saturated carbocycles. The number of piperidine rings is 2. The van der Waals surface area contributed by atoms with Crippen molar-refractivity contribution in [3.63, 3.8) is 0 Å². The van der Waals surface area contributed by atoms with E-state index in [4.69, 9.17) is 0 Å².